The van der Waals surface area contributed by atoms with Crippen molar-refractivity contribution in [2.45, 2.75) is 25.2 Å². The summed E-state index contributed by atoms with van der Waals surface area (Å²) in [7, 11) is 0. The molecule has 1 aliphatic heterocycles. The summed E-state index contributed by atoms with van der Waals surface area (Å²) in [6.45, 7) is 6.87. The molecule has 0 aromatic heterocycles. The van der Waals surface area contributed by atoms with Gasteiger partial charge in [-0.1, -0.05) is 6.07 Å². The Hall–Kier alpha value is -1.00. The van der Waals surface area contributed by atoms with E-state index in [1.165, 1.54) is 16.0 Å². The number of likely N-dealkylation sites (tertiary alicyclic amines) is 1. The summed E-state index contributed by atoms with van der Waals surface area (Å²) >= 11 is 1.85. The Bertz CT molecular complexity index is 461. The molecule has 1 N–H and O–H groups in total. The lowest BCUT2D eigenvalue weighted by molar-refractivity contribution is -0.141. The zero-order chi connectivity index (χ0) is 13.8. The molecule has 1 aromatic rings. The number of carboxylic acid groups (broad SMARTS) is 1. The van der Waals surface area contributed by atoms with Gasteiger partial charge in [-0.3, -0.25) is 4.79 Å². The van der Waals surface area contributed by atoms with Crippen LogP contribution in [0.15, 0.2) is 23.1 Å². The van der Waals surface area contributed by atoms with Gasteiger partial charge in [0.1, 0.15) is 0 Å². The molecule has 0 amide bonds. The number of aryl methyl sites for hydroxylation is 2. The first kappa shape index (κ1) is 14.4. The Kier molecular flexibility index (Phi) is 4.88. The van der Waals surface area contributed by atoms with Gasteiger partial charge >= 0.3 is 5.97 Å². The number of rotatable bonds is 5. The highest BCUT2D eigenvalue weighted by molar-refractivity contribution is 7.99. The maximum absolute atomic E-state index is 10.9. The standard InChI is InChI=1S/C15H21NO2S/c1-11-3-4-14(9-12(11)2)19-8-7-16-6-5-13(10-16)15(17)18/h3-4,9,13H,5-8,10H2,1-2H3,(H,17,18). The fraction of sp³-hybridized carbons (Fsp3) is 0.533. The zero-order valence-corrected chi connectivity index (χ0v) is 12.4. The van der Waals surface area contributed by atoms with Crippen LogP contribution in [0, 0.1) is 19.8 Å². The van der Waals surface area contributed by atoms with Crippen LogP contribution in [0.2, 0.25) is 0 Å². The number of thioether (sulfide) groups is 1. The molecule has 0 radical (unpaired) electrons. The van der Waals surface area contributed by atoms with Gasteiger partial charge in [-0.2, -0.15) is 0 Å². The minimum absolute atomic E-state index is 0.161. The third-order valence-electron chi connectivity index (χ3n) is 3.78. The monoisotopic (exact) mass is 279 g/mol. The molecule has 1 heterocycles. The normalized spacial score (nSPS) is 19.8. The van der Waals surface area contributed by atoms with Gasteiger partial charge in [0.15, 0.2) is 0 Å². The summed E-state index contributed by atoms with van der Waals surface area (Å²) in [5, 5.41) is 8.96. The van der Waals surface area contributed by atoms with E-state index in [1.807, 2.05) is 11.8 Å². The summed E-state index contributed by atoms with van der Waals surface area (Å²) in [4.78, 5) is 14.4. The lowest BCUT2D eigenvalue weighted by Crippen LogP contribution is -2.25. The Morgan fingerprint density at radius 3 is 2.84 bits per heavy atom. The van der Waals surface area contributed by atoms with Crippen LogP contribution in [0.5, 0.6) is 0 Å². The van der Waals surface area contributed by atoms with E-state index in [2.05, 4.69) is 36.9 Å². The summed E-state index contributed by atoms with van der Waals surface area (Å²) in [6, 6.07) is 6.55. The number of carboxylic acids is 1. The number of carbonyl (C=O) groups is 1. The molecule has 1 aliphatic rings. The molecule has 3 nitrogen and oxygen atoms in total. The summed E-state index contributed by atoms with van der Waals surface area (Å²) < 4.78 is 0. The summed E-state index contributed by atoms with van der Waals surface area (Å²) in [5.41, 5.74) is 2.66. The van der Waals surface area contributed by atoms with Gasteiger partial charge in [-0.15, -0.1) is 11.8 Å². The molecule has 1 saturated heterocycles. The van der Waals surface area contributed by atoms with Crippen molar-refractivity contribution in [2.24, 2.45) is 5.92 Å². The maximum Gasteiger partial charge on any atom is 0.307 e. The Labute approximate surface area is 119 Å². The van der Waals surface area contributed by atoms with Crippen LogP contribution < -0.4 is 0 Å². The van der Waals surface area contributed by atoms with Crippen molar-refractivity contribution >= 4 is 17.7 Å². The third-order valence-corrected chi connectivity index (χ3v) is 4.75. The molecular formula is C15H21NO2S. The van der Waals surface area contributed by atoms with E-state index in [-0.39, 0.29) is 5.92 Å². The smallest absolute Gasteiger partial charge is 0.307 e. The number of aliphatic carboxylic acids is 1. The van der Waals surface area contributed by atoms with Gasteiger partial charge in [0.2, 0.25) is 0 Å². The molecule has 104 valence electrons. The van der Waals surface area contributed by atoms with Crippen LogP contribution in [0.4, 0.5) is 0 Å². The number of hydrogen-bond acceptors (Lipinski definition) is 3. The molecule has 4 heteroatoms. The molecular weight excluding hydrogens is 258 g/mol. The highest BCUT2D eigenvalue weighted by atomic mass is 32.2. The Morgan fingerprint density at radius 2 is 2.21 bits per heavy atom. The first-order valence-corrected chi connectivity index (χ1v) is 7.70. The van der Waals surface area contributed by atoms with Crippen molar-refractivity contribution in [1.82, 2.24) is 4.90 Å². The van der Waals surface area contributed by atoms with Crippen LogP contribution in [-0.2, 0) is 4.79 Å². The van der Waals surface area contributed by atoms with E-state index in [0.717, 1.165) is 25.3 Å². The van der Waals surface area contributed by atoms with Crippen molar-refractivity contribution in [3.63, 3.8) is 0 Å². The SMILES string of the molecule is Cc1ccc(SCCN2CCC(C(=O)O)C2)cc1C. The Morgan fingerprint density at radius 1 is 1.42 bits per heavy atom. The fourth-order valence-electron chi connectivity index (χ4n) is 2.33. The zero-order valence-electron chi connectivity index (χ0n) is 11.6. The molecule has 19 heavy (non-hydrogen) atoms. The van der Waals surface area contributed by atoms with Crippen LogP contribution in [0.25, 0.3) is 0 Å². The van der Waals surface area contributed by atoms with Crippen molar-refractivity contribution in [3.05, 3.63) is 29.3 Å². The number of benzene rings is 1. The Balaban J connectivity index is 1.75. The summed E-state index contributed by atoms with van der Waals surface area (Å²) in [5.74, 6) is 0.213. The molecule has 0 spiro atoms. The molecule has 1 atom stereocenters. The van der Waals surface area contributed by atoms with Gasteiger partial charge in [0.05, 0.1) is 5.92 Å². The van der Waals surface area contributed by atoms with E-state index in [0.29, 0.717) is 6.54 Å². The predicted octanol–water partition coefficient (Wildman–Crippen LogP) is 2.80. The highest BCUT2D eigenvalue weighted by Gasteiger charge is 2.27. The van der Waals surface area contributed by atoms with Gasteiger partial charge in [0, 0.05) is 23.7 Å². The van der Waals surface area contributed by atoms with E-state index < -0.39 is 5.97 Å². The second-order valence-corrected chi connectivity index (χ2v) is 6.39. The van der Waals surface area contributed by atoms with E-state index in [9.17, 15) is 4.79 Å². The molecule has 1 aromatic carbocycles. The average Bonchev–Trinajstić information content (AvgIpc) is 2.83. The third kappa shape index (κ3) is 3.98. The number of hydrogen-bond donors (Lipinski definition) is 1. The predicted molar refractivity (Wildman–Crippen MR) is 78.8 cm³/mol. The van der Waals surface area contributed by atoms with Crippen LogP contribution in [-0.4, -0.2) is 41.4 Å². The molecule has 0 bridgehead atoms. The van der Waals surface area contributed by atoms with Crippen LogP contribution in [0.1, 0.15) is 17.5 Å². The quantitative estimate of drug-likeness (QED) is 0.841. The van der Waals surface area contributed by atoms with Crippen molar-refractivity contribution in [1.29, 1.82) is 0 Å². The molecule has 0 saturated carbocycles. The fourth-order valence-corrected chi connectivity index (χ4v) is 3.34. The average molecular weight is 279 g/mol. The molecule has 0 aliphatic carbocycles. The lowest BCUT2D eigenvalue weighted by atomic mass is 10.1. The largest absolute Gasteiger partial charge is 0.481 e. The molecule has 1 fully saturated rings. The molecule has 1 unspecified atom stereocenters. The second-order valence-electron chi connectivity index (χ2n) is 5.22. The maximum atomic E-state index is 10.9. The van der Waals surface area contributed by atoms with Crippen molar-refractivity contribution < 1.29 is 9.90 Å². The van der Waals surface area contributed by atoms with Crippen LogP contribution >= 0.6 is 11.8 Å². The minimum atomic E-state index is -0.649. The first-order valence-electron chi connectivity index (χ1n) is 6.71. The van der Waals surface area contributed by atoms with Crippen molar-refractivity contribution in [3.8, 4) is 0 Å². The lowest BCUT2D eigenvalue weighted by Gasteiger charge is -2.14. The summed E-state index contributed by atoms with van der Waals surface area (Å²) in [6.07, 6.45) is 0.795. The van der Waals surface area contributed by atoms with Gasteiger partial charge in [0.25, 0.3) is 0 Å². The van der Waals surface area contributed by atoms with Gasteiger partial charge in [-0.25, -0.2) is 0 Å². The van der Waals surface area contributed by atoms with Gasteiger partial charge in [-0.05, 0) is 50.1 Å². The topological polar surface area (TPSA) is 40.5 Å². The van der Waals surface area contributed by atoms with E-state index in [1.54, 1.807) is 0 Å². The van der Waals surface area contributed by atoms with Crippen LogP contribution in [0.3, 0.4) is 0 Å². The second kappa shape index (κ2) is 6.44. The first-order chi connectivity index (χ1) is 9.06. The van der Waals surface area contributed by atoms with E-state index >= 15 is 0 Å². The highest BCUT2D eigenvalue weighted by Crippen LogP contribution is 2.22. The van der Waals surface area contributed by atoms with Gasteiger partial charge < -0.3 is 10.0 Å². The van der Waals surface area contributed by atoms with Crippen molar-refractivity contribution in [2.75, 3.05) is 25.4 Å². The number of nitrogens with zero attached hydrogens (tertiary/aromatic N) is 1. The van der Waals surface area contributed by atoms with E-state index in [4.69, 9.17) is 5.11 Å². The minimum Gasteiger partial charge on any atom is -0.481 e. The molecule has 2 rings (SSSR count).